The van der Waals surface area contributed by atoms with Crippen LogP contribution in [0.3, 0.4) is 0 Å². The zero-order chi connectivity index (χ0) is 60.5. The summed E-state index contributed by atoms with van der Waals surface area (Å²) < 4.78 is 17.6. The highest BCUT2D eigenvalue weighted by Gasteiger charge is 2.43. The van der Waals surface area contributed by atoms with Gasteiger partial charge >= 0.3 is 6.09 Å². The summed E-state index contributed by atoms with van der Waals surface area (Å²) in [5.41, 5.74) is 2.08. The smallest absolute Gasteiger partial charge is 0.410 e. The first-order valence-electron chi connectivity index (χ1n) is 28.4. The number of rotatable bonds is 34. The van der Waals surface area contributed by atoms with Crippen LogP contribution in [0.4, 0.5) is 10.5 Å². The van der Waals surface area contributed by atoms with Gasteiger partial charge in [0.2, 0.25) is 41.4 Å². The van der Waals surface area contributed by atoms with E-state index in [1.165, 1.54) is 35.3 Å². The highest BCUT2D eigenvalue weighted by molar-refractivity contribution is 7.09. The van der Waals surface area contributed by atoms with Crippen LogP contribution in [0.1, 0.15) is 122 Å². The number of hydrogen-bond acceptors (Lipinski definition) is 15. The maximum absolute atomic E-state index is 14.4. The Morgan fingerprint density at radius 2 is 1.49 bits per heavy atom. The van der Waals surface area contributed by atoms with E-state index in [0.717, 1.165) is 29.8 Å². The van der Waals surface area contributed by atoms with E-state index in [1.807, 2.05) is 56.5 Å². The van der Waals surface area contributed by atoms with Crippen LogP contribution in [-0.2, 0) is 65.6 Å². The Hall–Kier alpha value is -6.53. The first kappa shape index (κ1) is 68.0. The van der Waals surface area contributed by atoms with Crippen LogP contribution in [-0.4, -0.2) is 158 Å². The van der Waals surface area contributed by atoms with E-state index in [4.69, 9.17) is 20.1 Å². The number of hydrogen-bond donors (Lipinski definition) is 6. The largest absolute Gasteiger partial charge is 0.445 e. The predicted molar refractivity (Wildman–Crippen MR) is 312 cm³/mol. The fourth-order valence-corrected chi connectivity index (χ4v) is 11.0. The monoisotopic (exact) mass is 1160 g/mol. The van der Waals surface area contributed by atoms with Gasteiger partial charge in [0.1, 0.15) is 23.7 Å². The molecule has 1 aliphatic heterocycles. The molecule has 0 aliphatic carbocycles. The molecule has 4 rings (SSSR count). The standard InChI is InChI=1S/C59H90N10O12S/c1-12-39(6)53(46(78-10)33-49(72)69-29-19-22-45(69)54(79-11)40(7)55(74)65-44(58-61-28-31-82-58)32-41-20-15-13-16-21-41)67(8)50(73)35-63-57(76)52(38(4)5)68(9)59(77)80-36-42-24-26-43(27-25-42)64-48(71)34-62-56(75)51(37(2)3)66-47(70)23-17-14-18-30-81-60/h13,15-16,20-21,24-28,31,37-40,44-46,51-54H,12,14,17-19,22-23,29-30,32-36,60H2,1-11H3,(H,62,75)(H,63,76)(H,64,71)(H,65,74)(H,66,70)/t39-,40+,44-,45-,46+,51?,52?,53?,54+/m0/s1. The van der Waals surface area contributed by atoms with Crippen molar-refractivity contribution < 1.29 is 57.4 Å². The number of amides is 8. The third kappa shape index (κ3) is 20.7. The van der Waals surface area contributed by atoms with E-state index < -0.39 is 72.5 Å². The number of benzene rings is 2. The van der Waals surface area contributed by atoms with E-state index in [0.29, 0.717) is 50.1 Å². The molecule has 3 unspecified atom stereocenters. The number of likely N-dealkylation sites (N-methyl/N-ethyl adjacent to an activating group) is 2. The molecule has 0 bridgehead atoms. The van der Waals surface area contributed by atoms with Gasteiger partial charge in [-0.25, -0.2) is 15.7 Å². The molecule has 0 saturated carbocycles. The molecule has 7 N–H and O–H groups in total. The van der Waals surface area contributed by atoms with Crippen molar-refractivity contribution in [3.8, 4) is 0 Å². The van der Waals surface area contributed by atoms with E-state index >= 15 is 0 Å². The number of aromatic nitrogens is 1. The zero-order valence-electron chi connectivity index (χ0n) is 49.8. The molecule has 1 saturated heterocycles. The number of nitrogens with two attached hydrogens (primary N) is 1. The number of methoxy groups -OCH3 is 2. The molecule has 1 fully saturated rings. The lowest BCUT2D eigenvalue weighted by Gasteiger charge is -2.39. The Morgan fingerprint density at radius 1 is 0.793 bits per heavy atom. The minimum atomic E-state index is -1.01. The van der Waals surface area contributed by atoms with E-state index in [-0.39, 0.29) is 73.6 Å². The number of nitrogens with one attached hydrogen (secondary N) is 5. The number of unbranched alkanes of at least 4 members (excludes halogenated alkanes) is 2. The van der Waals surface area contributed by atoms with Crippen molar-refractivity contribution in [1.29, 1.82) is 0 Å². The van der Waals surface area contributed by atoms with Gasteiger partial charge in [0, 0.05) is 58.5 Å². The number of carbonyl (C=O) groups is 8. The fraction of sp³-hybridized carbons (Fsp3) is 0.610. The second-order valence-corrected chi connectivity index (χ2v) is 22.7. The molecule has 2 aromatic carbocycles. The number of thiazole rings is 1. The summed E-state index contributed by atoms with van der Waals surface area (Å²) in [6, 6.07) is 13.3. The lowest BCUT2D eigenvalue weighted by molar-refractivity contribution is -0.146. The Balaban J connectivity index is 1.29. The molecule has 22 nitrogen and oxygen atoms in total. The maximum Gasteiger partial charge on any atom is 0.410 e. The highest BCUT2D eigenvalue weighted by atomic mass is 32.1. The molecule has 8 amide bonds. The van der Waals surface area contributed by atoms with Crippen molar-refractivity contribution in [2.45, 2.75) is 155 Å². The molecule has 454 valence electrons. The Morgan fingerprint density at radius 3 is 2.10 bits per heavy atom. The zero-order valence-corrected chi connectivity index (χ0v) is 50.6. The molecule has 0 radical (unpaired) electrons. The lowest BCUT2D eigenvalue weighted by atomic mass is 9.90. The molecule has 0 spiro atoms. The van der Waals surface area contributed by atoms with Crippen LogP contribution < -0.4 is 32.5 Å². The molecule has 2 heterocycles. The summed E-state index contributed by atoms with van der Waals surface area (Å²) in [4.78, 5) is 121. The first-order chi connectivity index (χ1) is 39.1. The van der Waals surface area contributed by atoms with Gasteiger partial charge in [-0.2, -0.15) is 0 Å². The third-order valence-corrected chi connectivity index (χ3v) is 16.0. The van der Waals surface area contributed by atoms with E-state index in [9.17, 15) is 38.4 Å². The van der Waals surface area contributed by atoms with Crippen molar-refractivity contribution in [2.75, 3.05) is 59.9 Å². The summed E-state index contributed by atoms with van der Waals surface area (Å²) in [6.07, 6.45) is 4.47. The quantitative estimate of drug-likeness (QED) is 0.0318. The minimum absolute atomic E-state index is 0.0473. The summed E-state index contributed by atoms with van der Waals surface area (Å²) in [5.74, 6) is 1.05. The predicted octanol–water partition coefficient (Wildman–Crippen LogP) is 5.52. The average molecular weight is 1160 g/mol. The summed E-state index contributed by atoms with van der Waals surface area (Å²) >= 11 is 1.48. The van der Waals surface area contributed by atoms with E-state index in [1.54, 1.807) is 77.2 Å². The number of nitrogens with zero attached hydrogens (tertiary/aromatic N) is 4. The SMILES string of the molecule is CC[C@H](C)C([C@@H](CC(=O)N1CCC[C@H]1[C@H](OC)[C@@H](C)C(=O)N[C@@H](Cc1ccccc1)c1nccs1)OC)N(C)C(=O)CNC(=O)C(C(C)C)N(C)C(=O)OCc1ccc(NC(=O)CNC(=O)C(NC(=O)CCCCCON)C(C)C)cc1. The van der Waals surface area contributed by atoms with Crippen LogP contribution in [0, 0.1) is 23.7 Å². The summed E-state index contributed by atoms with van der Waals surface area (Å²) in [7, 11) is 6.14. The van der Waals surface area contributed by atoms with Gasteiger partial charge in [-0.15, -0.1) is 11.3 Å². The number of anilines is 1. The van der Waals surface area contributed by atoms with Crippen molar-refractivity contribution in [2.24, 2.45) is 29.6 Å². The Bertz CT molecular complexity index is 2490. The van der Waals surface area contributed by atoms with Crippen LogP contribution in [0.25, 0.3) is 0 Å². The van der Waals surface area contributed by atoms with Crippen LogP contribution >= 0.6 is 11.3 Å². The Labute approximate surface area is 488 Å². The second-order valence-electron chi connectivity index (χ2n) is 21.8. The van der Waals surface area contributed by atoms with Gasteiger partial charge < -0.3 is 55.4 Å². The molecule has 9 atom stereocenters. The van der Waals surface area contributed by atoms with Gasteiger partial charge in [-0.05, 0) is 73.1 Å². The van der Waals surface area contributed by atoms with Gasteiger partial charge in [-0.1, -0.05) is 104 Å². The van der Waals surface area contributed by atoms with Gasteiger partial charge in [0.25, 0.3) is 0 Å². The highest BCUT2D eigenvalue weighted by Crippen LogP contribution is 2.30. The van der Waals surface area contributed by atoms with Gasteiger partial charge in [0.05, 0.1) is 62.4 Å². The molecule has 3 aromatic rings. The normalized spacial score (nSPS) is 16.2. The average Bonchev–Trinajstić information content (AvgIpc) is 4.38. The molecular formula is C59H90N10O12S. The lowest BCUT2D eigenvalue weighted by Crippen LogP contribution is -2.55. The molecule has 1 aliphatic rings. The minimum Gasteiger partial charge on any atom is -0.445 e. The number of ether oxygens (including phenoxy) is 3. The van der Waals surface area contributed by atoms with Gasteiger partial charge in [0.15, 0.2) is 0 Å². The Kier molecular flexibility index (Phi) is 28.8. The van der Waals surface area contributed by atoms with Crippen molar-refractivity contribution in [3.63, 3.8) is 0 Å². The van der Waals surface area contributed by atoms with Crippen molar-refractivity contribution in [1.82, 2.24) is 41.0 Å². The van der Waals surface area contributed by atoms with Gasteiger partial charge in [-0.3, -0.25) is 38.5 Å². The van der Waals surface area contributed by atoms with Crippen LogP contribution in [0.2, 0.25) is 0 Å². The van der Waals surface area contributed by atoms with Crippen molar-refractivity contribution >= 4 is 64.5 Å². The second kappa shape index (κ2) is 34.8. The summed E-state index contributed by atoms with van der Waals surface area (Å²) in [6.45, 7) is 12.9. The van der Waals surface area contributed by atoms with Crippen molar-refractivity contribution in [3.05, 3.63) is 82.3 Å². The number of likely N-dealkylation sites (tertiary alicyclic amines) is 1. The molecule has 23 heteroatoms. The molecule has 82 heavy (non-hydrogen) atoms. The van der Waals surface area contributed by atoms with Crippen LogP contribution in [0.15, 0.2) is 66.2 Å². The summed E-state index contributed by atoms with van der Waals surface area (Å²) in [5, 5.41) is 16.7. The first-order valence-corrected chi connectivity index (χ1v) is 29.3. The third-order valence-electron chi connectivity index (χ3n) is 15.1. The van der Waals surface area contributed by atoms with Crippen LogP contribution in [0.5, 0.6) is 0 Å². The maximum atomic E-state index is 14.4. The topological polar surface area (TPSA) is 282 Å². The molecular weight excluding hydrogens is 1070 g/mol. The fourth-order valence-electron chi connectivity index (χ4n) is 10.4. The number of carbonyl (C=O) groups excluding carboxylic acids is 8. The molecule has 1 aromatic heterocycles. The van der Waals surface area contributed by atoms with E-state index in [2.05, 4.69) is 36.4 Å².